The van der Waals surface area contributed by atoms with Crippen LogP contribution in [0.1, 0.15) is 45.1 Å². The summed E-state index contributed by atoms with van der Waals surface area (Å²) in [5.74, 6) is 1.38. The zero-order valence-corrected chi connectivity index (χ0v) is 18.1. The van der Waals surface area contributed by atoms with Crippen molar-refractivity contribution < 1.29 is 19.0 Å². The third-order valence-corrected chi connectivity index (χ3v) is 5.98. The molecule has 2 aliphatic rings. The minimum absolute atomic E-state index is 0.0493. The van der Waals surface area contributed by atoms with Crippen molar-refractivity contribution in [3.05, 3.63) is 28.7 Å². The number of thiocarbonyl (C=S) groups is 1. The first kappa shape index (κ1) is 21.1. The predicted octanol–water partition coefficient (Wildman–Crippen LogP) is 4.64. The monoisotopic (exact) mass is 421 g/mol. The second kappa shape index (κ2) is 10.3. The van der Waals surface area contributed by atoms with Gasteiger partial charge in [0.15, 0.2) is 11.5 Å². The second-order valence-corrected chi connectivity index (χ2v) is 8.44. The van der Waals surface area contributed by atoms with Gasteiger partial charge in [0.2, 0.25) is 0 Å². The zero-order chi connectivity index (χ0) is 19.9. The van der Waals surface area contributed by atoms with E-state index in [9.17, 15) is 4.79 Å². The Labute approximate surface area is 176 Å². The fourth-order valence-electron chi connectivity index (χ4n) is 3.13. The summed E-state index contributed by atoms with van der Waals surface area (Å²) in [6.07, 6.45) is 6.06. The molecule has 28 heavy (non-hydrogen) atoms. The van der Waals surface area contributed by atoms with Crippen molar-refractivity contribution in [3.63, 3.8) is 0 Å². The highest BCUT2D eigenvalue weighted by Gasteiger charge is 2.34. The van der Waals surface area contributed by atoms with Crippen LogP contribution in [0.15, 0.2) is 23.1 Å². The van der Waals surface area contributed by atoms with E-state index < -0.39 is 0 Å². The Bertz CT molecular complexity index is 744. The van der Waals surface area contributed by atoms with Crippen LogP contribution in [0.4, 0.5) is 0 Å². The van der Waals surface area contributed by atoms with Crippen molar-refractivity contribution in [2.24, 2.45) is 0 Å². The number of carbonyl (C=O) groups excluding carboxylic acids is 1. The van der Waals surface area contributed by atoms with Crippen LogP contribution in [0.3, 0.4) is 0 Å². The first-order valence-electron chi connectivity index (χ1n) is 9.89. The lowest BCUT2D eigenvalue weighted by Crippen LogP contribution is -2.35. The molecule has 2 fully saturated rings. The van der Waals surface area contributed by atoms with Crippen LogP contribution < -0.4 is 9.47 Å². The highest BCUT2D eigenvalue weighted by Crippen LogP contribution is 2.35. The molecule has 0 aromatic heterocycles. The van der Waals surface area contributed by atoms with Crippen molar-refractivity contribution in [2.45, 2.75) is 45.6 Å². The number of ether oxygens (including phenoxy) is 3. The quantitative estimate of drug-likeness (QED) is 0.329. The number of unbranched alkanes of at least 4 members (excludes halogenated alkanes) is 1. The molecule has 1 amide bonds. The van der Waals surface area contributed by atoms with Gasteiger partial charge in [-0.25, -0.2) is 0 Å². The molecule has 1 aromatic rings. The van der Waals surface area contributed by atoms with E-state index in [0.717, 1.165) is 43.6 Å². The Kier molecular flexibility index (Phi) is 7.76. The van der Waals surface area contributed by atoms with E-state index in [-0.39, 0.29) is 12.0 Å². The number of benzene rings is 1. The van der Waals surface area contributed by atoms with E-state index in [1.807, 2.05) is 31.2 Å². The molecule has 1 aromatic carbocycles. The molecule has 0 saturated carbocycles. The van der Waals surface area contributed by atoms with Gasteiger partial charge in [-0.05, 0) is 50.0 Å². The van der Waals surface area contributed by atoms with Crippen molar-refractivity contribution in [2.75, 3.05) is 26.4 Å². The molecule has 0 bridgehead atoms. The van der Waals surface area contributed by atoms with Gasteiger partial charge >= 0.3 is 0 Å². The summed E-state index contributed by atoms with van der Waals surface area (Å²) in [4.78, 5) is 15.1. The molecule has 2 heterocycles. The van der Waals surface area contributed by atoms with Gasteiger partial charge in [0.05, 0.1) is 30.8 Å². The molecule has 0 aliphatic carbocycles. The summed E-state index contributed by atoms with van der Waals surface area (Å²) in [5.41, 5.74) is 0.893. The van der Waals surface area contributed by atoms with Crippen LogP contribution >= 0.6 is 24.0 Å². The van der Waals surface area contributed by atoms with Crippen LogP contribution in [0.25, 0.3) is 6.08 Å². The Balaban J connectivity index is 1.73. The predicted molar refractivity (Wildman–Crippen MR) is 117 cm³/mol. The van der Waals surface area contributed by atoms with E-state index in [0.29, 0.717) is 34.7 Å². The van der Waals surface area contributed by atoms with Gasteiger partial charge in [0.1, 0.15) is 4.32 Å². The number of hydrogen-bond acceptors (Lipinski definition) is 6. The molecule has 152 valence electrons. The zero-order valence-electron chi connectivity index (χ0n) is 16.4. The van der Waals surface area contributed by atoms with Crippen molar-refractivity contribution in [1.29, 1.82) is 0 Å². The minimum Gasteiger partial charge on any atom is -0.490 e. The van der Waals surface area contributed by atoms with Gasteiger partial charge in [-0.1, -0.05) is 43.4 Å². The number of thioether (sulfide) groups is 1. The highest BCUT2D eigenvalue weighted by atomic mass is 32.2. The molecule has 2 saturated heterocycles. The fraction of sp³-hybridized carbons (Fsp3) is 0.524. The van der Waals surface area contributed by atoms with E-state index in [4.69, 9.17) is 26.4 Å². The molecule has 0 N–H and O–H groups in total. The lowest BCUT2D eigenvalue weighted by atomic mass is 10.1. The van der Waals surface area contributed by atoms with E-state index >= 15 is 0 Å². The Morgan fingerprint density at radius 3 is 2.89 bits per heavy atom. The maximum absolute atomic E-state index is 12.8. The van der Waals surface area contributed by atoms with Gasteiger partial charge in [-0.3, -0.25) is 9.69 Å². The van der Waals surface area contributed by atoms with Gasteiger partial charge in [-0.15, -0.1) is 0 Å². The summed E-state index contributed by atoms with van der Waals surface area (Å²) in [7, 11) is 0. The Morgan fingerprint density at radius 2 is 2.18 bits per heavy atom. The molecule has 1 atom stereocenters. The fourth-order valence-corrected chi connectivity index (χ4v) is 4.40. The molecule has 0 spiro atoms. The van der Waals surface area contributed by atoms with E-state index in [1.54, 1.807) is 4.90 Å². The summed E-state index contributed by atoms with van der Waals surface area (Å²) in [6.45, 7) is 6.59. The molecular weight excluding hydrogens is 394 g/mol. The number of hydrogen-bond donors (Lipinski definition) is 0. The van der Waals surface area contributed by atoms with Crippen molar-refractivity contribution in [1.82, 2.24) is 4.90 Å². The van der Waals surface area contributed by atoms with Crippen LogP contribution in [-0.2, 0) is 9.53 Å². The topological polar surface area (TPSA) is 48.0 Å². The first-order valence-corrected chi connectivity index (χ1v) is 11.1. The van der Waals surface area contributed by atoms with Crippen LogP contribution in [-0.4, -0.2) is 47.6 Å². The van der Waals surface area contributed by atoms with Gasteiger partial charge < -0.3 is 14.2 Å². The van der Waals surface area contributed by atoms with Gasteiger partial charge in [0, 0.05) is 6.61 Å². The lowest BCUT2D eigenvalue weighted by molar-refractivity contribution is -0.123. The molecular formula is C21H27NO4S2. The average molecular weight is 422 g/mol. The number of carbonyl (C=O) groups is 1. The molecule has 2 aliphatic heterocycles. The van der Waals surface area contributed by atoms with E-state index in [2.05, 4.69) is 6.92 Å². The number of amides is 1. The standard InChI is InChI=1S/C21H27NO4S2/c1-3-5-10-26-17-9-8-15(12-18(17)24-4-2)13-19-20(23)22(21(27)28-19)14-16-7-6-11-25-16/h8-9,12-13,16H,3-7,10-11,14H2,1-2H3/b19-13+. The third kappa shape index (κ3) is 5.27. The summed E-state index contributed by atoms with van der Waals surface area (Å²) < 4.78 is 17.8. The second-order valence-electron chi connectivity index (χ2n) is 6.77. The minimum atomic E-state index is -0.0493. The number of rotatable bonds is 9. The SMILES string of the molecule is CCCCOc1ccc(/C=C2/SC(=S)N(CC3CCCO3)C2=O)cc1OCC. The molecule has 3 rings (SSSR count). The lowest BCUT2D eigenvalue weighted by Gasteiger charge is -2.18. The largest absolute Gasteiger partial charge is 0.490 e. The summed E-state index contributed by atoms with van der Waals surface area (Å²) in [5, 5.41) is 0. The Hall–Kier alpha value is -1.57. The Morgan fingerprint density at radius 1 is 1.32 bits per heavy atom. The number of nitrogens with zero attached hydrogens (tertiary/aromatic N) is 1. The maximum atomic E-state index is 12.8. The van der Waals surface area contributed by atoms with E-state index in [1.165, 1.54) is 11.8 Å². The van der Waals surface area contributed by atoms with Crippen LogP contribution in [0.5, 0.6) is 11.5 Å². The molecule has 1 unspecified atom stereocenters. The molecule has 7 heteroatoms. The summed E-state index contributed by atoms with van der Waals surface area (Å²) in [6, 6.07) is 5.76. The van der Waals surface area contributed by atoms with Crippen molar-refractivity contribution in [3.8, 4) is 11.5 Å². The van der Waals surface area contributed by atoms with Crippen LogP contribution in [0.2, 0.25) is 0 Å². The normalized spacial score (nSPS) is 21.0. The molecule has 0 radical (unpaired) electrons. The average Bonchev–Trinajstić information content (AvgIpc) is 3.28. The third-order valence-electron chi connectivity index (χ3n) is 4.60. The molecule has 5 nitrogen and oxygen atoms in total. The van der Waals surface area contributed by atoms with Crippen LogP contribution in [0, 0.1) is 0 Å². The highest BCUT2D eigenvalue weighted by molar-refractivity contribution is 8.26. The first-order chi connectivity index (χ1) is 13.6. The smallest absolute Gasteiger partial charge is 0.266 e. The van der Waals surface area contributed by atoms with Gasteiger partial charge in [-0.2, -0.15) is 0 Å². The van der Waals surface area contributed by atoms with Crippen molar-refractivity contribution >= 4 is 40.3 Å². The van der Waals surface area contributed by atoms with Gasteiger partial charge in [0.25, 0.3) is 5.91 Å². The summed E-state index contributed by atoms with van der Waals surface area (Å²) >= 11 is 6.76. The maximum Gasteiger partial charge on any atom is 0.266 e.